The van der Waals surface area contributed by atoms with Crippen molar-refractivity contribution in [2.45, 2.75) is 31.7 Å². The Labute approximate surface area is 148 Å². The van der Waals surface area contributed by atoms with Gasteiger partial charge in [-0.25, -0.2) is 0 Å². The molecule has 0 aromatic heterocycles. The molecule has 1 aliphatic heterocycles. The molecule has 126 valence electrons. The predicted octanol–water partition coefficient (Wildman–Crippen LogP) is 3.63. The Hall–Kier alpha value is -0.480. The predicted molar refractivity (Wildman–Crippen MR) is 97.5 cm³/mol. The van der Waals surface area contributed by atoms with E-state index in [4.69, 9.17) is 28.9 Å². The molecule has 2 N–H and O–H groups in total. The minimum absolute atomic E-state index is 0.488. The van der Waals surface area contributed by atoms with Gasteiger partial charge in [-0.05, 0) is 49.1 Å². The summed E-state index contributed by atoms with van der Waals surface area (Å²) in [6.07, 6.45) is 5.34. The lowest BCUT2D eigenvalue weighted by molar-refractivity contribution is -0.0507. The van der Waals surface area contributed by atoms with Gasteiger partial charge in [-0.15, -0.1) is 0 Å². The van der Waals surface area contributed by atoms with Crippen LogP contribution < -0.4 is 10.6 Å². The molecule has 2 aliphatic carbocycles. The van der Waals surface area contributed by atoms with Crippen LogP contribution in [-0.2, 0) is 0 Å². The number of hydrogen-bond donors (Lipinski definition) is 1. The summed E-state index contributed by atoms with van der Waals surface area (Å²) < 4.78 is 0. The molecule has 4 rings (SSSR count). The minimum Gasteiger partial charge on any atom is -0.368 e. The van der Waals surface area contributed by atoms with Gasteiger partial charge in [-0.3, -0.25) is 4.90 Å². The van der Waals surface area contributed by atoms with Crippen molar-refractivity contribution in [2.75, 3.05) is 37.6 Å². The van der Waals surface area contributed by atoms with Crippen molar-refractivity contribution in [3.63, 3.8) is 0 Å². The van der Waals surface area contributed by atoms with Crippen molar-refractivity contribution in [1.29, 1.82) is 0 Å². The first-order chi connectivity index (χ1) is 11.0. The van der Waals surface area contributed by atoms with Gasteiger partial charge in [0, 0.05) is 38.8 Å². The van der Waals surface area contributed by atoms with Gasteiger partial charge in [-0.1, -0.05) is 29.3 Å². The summed E-state index contributed by atoms with van der Waals surface area (Å²) in [5.41, 5.74) is 7.68. The van der Waals surface area contributed by atoms with Crippen LogP contribution in [0, 0.1) is 11.3 Å². The standard InChI is InChI=1S/C18H25Cl2N3/c19-15-2-1-3-16(17(15)20)23-6-4-22(5-7-23)12-13-8-18(9-13)10-14(21)11-18/h1-3,13-14H,4-12,21H2. The molecule has 23 heavy (non-hydrogen) atoms. The van der Waals surface area contributed by atoms with Crippen LogP contribution >= 0.6 is 23.2 Å². The fraction of sp³-hybridized carbons (Fsp3) is 0.667. The van der Waals surface area contributed by atoms with Crippen LogP contribution in [0.5, 0.6) is 0 Å². The number of piperazine rings is 1. The van der Waals surface area contributed by atoms with Crippen molar-refractivity contribution >= 4 is 28.9 Å². The summed E-state index contributed by atoms with van der Waals surface area (Å²) in [7, 11) is 0. The van der Waals surface area contributed by atoms with Crippen LogP contribution in [0.25, 0.3) is 0 Å². The minimum atomic E-state index is 0.488. The van der Waals surface area contributed by atoms with E-state index in [0.29, 0.717) is 21.5 Å². The number of halogens is 2. The zero-order chi connectivity index (χ0) is 16.0. The molecule has 0 unspecified atom stereocenters. The second-order valence-electron chi connectivity index (χ2n) is 7.80. The molecule has 0 radical (unpaired) electrons. The highest BCUT2D eigenvalue weighted by Crippen LogP contribution is 2.58. The second kappa shape index (κ2) is 6.11. The monoisotopic (exact) mass is 353 g/mol. The average Bonchev–Trinajstić information content (AvgIpc) is 2.47. The van der Waals surface area contributed by atoms with Crippen LogP contribution in [0.3, 0.4) is 0 Å². The maximum atomic E-state index is 6.35. The SMILES string of the molecule is NC1CC2(C1)CC(CN1CCN(c3cccc(Cl)c3Cl)CC1)C2. The van der Waals surface area contributed by atoms with Gasteiger partial charge in [0.15, 0.2) is 0 Å². The number of rotatable bonds is 3. The molecule has 0 bridgehead atoms. The van der Waals surface area contributed by atoms with Crippen molar-refractivity contribution in [3.8, 4) is 0 Å². The smallest absolute Gasteiger partial charge is 0.0825 e. The van der Waals surface area contributed by atoms with Crippen molar-refractivity contribution < 1.29 is 0 Å². The van der Waals surface area contributed by atoms with Crippen molar-refractivity contribution in [3.05, 3.63) is 28.2 Å². The van der Waals surface area contributed by atoms with E-state index in [2.05, 4.69) is 15.9 Å². The molecule has 3 nitrogen and oxygen atoms in total. The van der Waals surface area contributed by atoms with Crippen LogP contribution in [0.4, 0.5) is 5.69 Å². The van der Waals surface area contributed by atoms with Gasteiger partial charge >= 0.3 is 0 Å². The van der Waals surface area contributed by atoms with Gasteiger partial charge < -0.3 is 10.6 Å². The lowest BCUT2D eigenvalue weighted by Crippen LogP contribution is -2.56. The molecule has 1 saturated heterocycles. The molecule has 3 fully saturated rings. The molecular formula is C18H25Cl2N3. The first-order valence-electron chi connectivity index (χ1n) is 8.72. The first kappa shape index (κ1) is 16.0. The van der Waals surface area contributed by atoms with Crippen LogP contribution in [0.15, 0.2) is 18.2 Å². The summed E-state index contributed by atoms with van der Waals surface area (Å²) in [5, 5.41) is 1.33. The first-order valence-corrected chi connectivity index (χ1v) is 9.47. The molecule has 1 spiro atoms. The Kier molecular flexibility index (Phi) is 4.25. The van der Waals surface area contributed by atoms with E-state index in [-0.39, 0.29) is 0 Å². The molecule has 0 amide bonds. The number of hydrogen-bond acceptors (Lipinski definition) is 3. The number of nitrogens with zero attached hydrogens (tertiary/aromatic N) is 2. The van der Waals surface area contributed by atoms with Crippen molar-refractivity contribution in [2.24, 2.45) is 17.1 Å². The summed E-state index contributed by atoms with van der Waals surface area (Å²) in [6, 6.07) is 6.39. The topological polar surface area (TPSA) is 32.5 Å². The lowest BCUT2D eigenvalue weighted by atomic mass is 9.50. The Morgan fingerprint density at radius 1 is 1.04 bits per heavy atom. The maximum Gasteiger partial charge on any atom is 0.0825 e. The van der Waals surface area contributed by atoms with Gasteiger partial charge in [0.25, 0.3) is 0 Å². The third-order valence-corrected chi connectivity index (χ3v) is 6.80. The van der Waals surface area contributed by atoms with E-state index < -0.39 is 0 Å². The number of anilines is 1. The van der Waals surface area contributed by atoms with Crippen LogP contribution in [0.1, 0.15) is 25.7 Å². The molecule has 0 atom stereocenters. The summed E-state index contributed by atoms with van der Waals surface area (Å²) >= 11 is 12.5. The lowest BCUT2D eigenvalue weighted by Gasteiger charge is -2.58. The average molecular weight is 354 g/mol. The second-order valence-corrected chi connectivity index (χ2v) is 8.59. The van der Waals surface area contributed by atoms with Gasteiger partial charge in [0.2, 0.25) is 0 Å². The molecule has 1 aromatic rings. The van der Waals surface area contributed by atoms with Crippen LogP contribution in [0.2, 0.25) is 10.0 Å². The number of nitrogens with two attached hydrogens (primary N) is 1. The van der Waals surface area contributed by atoms with Gasteiger partial charge in [-0.2, -0.15) is 0 Å². The van der Waals surface area contributed by atoms with E-state index in [0.717, 1.165) is 37.8 Å². The maximum absolute atomic E-state index is 6.35. The Morgan fingerprint density at radius 3 is 2.39 bits per heavy atom. The fourth-order valence-corrected chi connectivity index (χ4v) is 5.37. The Morgan fingerprint density at radius 2 is 1.74 bits per heavy atom. The van der Waals surface area contributed by atoms with E-state index in [9.17, 15) is 0 Å². The largest absolute Gasteiger partial charge is 0.368 e. The van der Waals surface area contributed by atoms with Gasteiger partial charge in [0.05, 0.1) is 15.7 Å². The summed E-state index contributed by atoms with van der Waals surface area (Å²) in [5.74, 6) is 0.892. The van der Waals surface area contributed by atoms with E-state index in [1.807, 2.05) is 12.1 Å². The zero-order valence-corrected chi connectivity index (χ0v) is 15.0. The zero-order valence-electron chi connectivity index (χ0n) is 13.5. The molecule has 3 aliphatic rings. The van der Waals surface area contributed by atoms with Crippen molar-refractivity contribution in [1.82, 2.24) is 4.90 Å². The molecular weight excluding hydrogens is 329 g/mol. The summed E-state index contributed by atoms with van der Waals surface area (Å²) in [4.78, 5) is 4.98. The van der Waals surface area contributed by atoms with Gasteiger partial charge in [0.1, 0.15) is 0 Å². The highest BCUT2D eigenvalue weighted by molar-refractivity contribution is 6.43. The Bertz CT molecular complexity index is 570. The highest BCUT2D eigenvalue weighted by atomic mass is 35.5. The molecule has 1 aromatic carbocycles. The normalized spacial score (nSPS) is 34.3. The summed E-state index contributed by atoms with van der Waals surface area (Å²) in [6.45, 7) is 5.55. The fourth-order valence-electron chi connectivity index (χ4n) is 4.95. The quantitative estimate of drug-likeness (QED) is 0.900. The third kappa shape index (κ3) is 3.09. The number of benzene rings is 1. The Balaban J connectivity index is 1.26. The third-order valence-electron chi connectivity index (χ3n) is 5.99. The van der Waals surface area contributed by atoms with E-state index >= 15 is 0 Å². The molecule has 5 heteroatoms. The van der Waals surface area contributed by atoms with E-state index in [1.165, 1.54) is 32.2 Å². The highest BCUT2D eigenvalue weighted by Gasteiger charge is 2.51. The van der Waals surface area contributed by atoms with Crippen LogP contribution in [-0.4, -0.2) is 43.7 Å². The molecule has 1 heterocycles. The van der Waals surface area contributed by atoms with E-state index in [1.54, 1.807) is 0 Å². The molecule has 2 saturated carbocycles.